The van der Waals surface area contributed by atoms with E-state index in [9.17, 15) is 4.79 Å². The predicted molar refractivity (Wildman–Crippen MR) is 62.0 cm³/mol. The minimum absolute atomic E-state index is 0.197. The first-order valence-electron chi connectivity index (χ1n) is 4.59. The van der Waals surface area contributed by atoms with Gasteiger partial charge in [-0.2, -0.15) is 10.4 Å². The Hall–Kier alpha value is -1.86. The number of halogens is 1. The maximum atomic E-state index is 11.0. The van der Waals surface area contributed by atoms with Crippen LogP contribution in [0.25, 0.3) is 0 Å². The summed E-state index contributed by atoms with van der Waals surface area (Å²) in [4.78, 5) is 11.0. The fourth-order valence-electron chi connectivity index (χ4n) is 1.01. The average Bonchev–Trinajstić information content (AvgIpc) is 2.27. The van der Waals surface area contributed by atoms with Crippen LogP contribution in [-0.2, 0) is 4.79 Å². The highest BCUT2D eigenvalue weighted by Crippen LogP contribution is 2.09. The Morgan fingerprint density at radius 3 is 2.69 bits per heavy atom. The first-order valence-corrected chi connectivity index (χ1v) is 4.97. The number of carbonyl (C=O) groups is 1. The molecule has 0 heterocycles. The molecule has 0 saturated heterocycles. The van der Waals surface area contributed by atoms with Gasteiger partial charge in [0.1, 0.15) is 6.42 Å². The summed E-state index contributed by atoms with van der Waals surface area (Å²) in [5.74, 6) is -0.421. The van der Waals surface area contributed by atoms with Gasteiger partial charge in [-0.15, -0.1) is 0 Å². The molecule has 1 N–H and O–H groups in total. The number of nitrogens with one attached hydrogen (secondary N) is 1. The fraction of sp³-hybridized carbons (Fsp3) is 0.182. The standard InChI is InChI=1S/C11H10ClN3O/c1-8(14-15-11(16)6-7-13)9-2-4-10(12)5-3-9/h2-5H,6H2,1H3,(H,15,16)/b14-8+. The van der Waals surface area contributed by atoms with Crippen LogP contribution in [0.3, 0.4) is 0 Å². The van der Waals surface area contributed by atoms with Gasteiger partial charge in [0.15, 0.2) is 0 Å². The topological polar surface area (TPSA) is 65.2 Å². The molecule has 4 nitrogen and oxygen atoms in total. The van der Waals surface area contributed by atoms with Crippen molar-refractivity contribution in [1.29, 1.82) is 5.26 Å². The molecule has 0 aliphatic rings. The number of hydrogen-bond acceptors (Lipinski definition) is 3. The number of carbonyl (C=O) groups excluding carboxylic acids is 1. The summed E-state index contributed by atoms with van der Waals surface area (Å²) >= 11 is 5.74. The molecule has 1 aromatic carbocycles. The zero-order valence-electron chi connectivity index (χ0n) is 8.70. The number of hydrogen-bond donors (Lipinski definition) is 1. The number of benzene rings is 1. The molecule has 0 spiro atoms. The molecule has 0 aliphatic carbocycles. The normalized spacial score (nSPS) is 10.7. The van der Waals surface area contributed by atoms with Crippen molar-refractivity contribution in [2.75, 3.05) is 0 Å². The van der Waals surface area contributed by atoms with Crippen LogP contribution in [0.2, 0.25) is 5.02 Å². The zero-order chi connectivity index (χ0) is 12.0. The maximum absolute atomic E-state index is 11.0. The minimum atomic E-state index is -0.421. The summed E-state index contributed by atoms with van der Waals surface area (Å²) in [6.45, 7) is 1.76. The van der Waals surface area contributed by atoms with E-state index in [0.717, 1.165) is 5.56 Å². The van der Waals surface area contributed by atoms with Gasteiger partial charge in [-0.1, -0.05) is 23.7 Å². The first-order chi connectivity index (χ1) is 7.63. The van der Waals surface area contributed by atoms with Crippen molar-refractivity contribution in [3.05, 3.63) is 34.9 Å². The molecule has 1 rings (SSSR count). The molecule has 1 amide bonds. The molecule has 0 bridgehead atoms. The molecule has 0 atom stereocenters. The van der Waals surface area contributed by atoms with Crippen molar-refractivity contribution < 1.29 is 4.79 Å². The second-order valence-electron chi connectivity index (χ2n) is 3.07. The van der Waals surface area contributed by atoms with Crippen molar-refractivity contribution in [3.8, 4) is 6.07 Å². The van der Waals surface area contributed by atoms with E-state index in [0.29, 0.717) is 10.7 Å². The Kier molecular flexibility index (Phi) is 4.49. The quantitative estimate of drug-likeness (QED) is 0.644. The van der Waals surface area contributed by atoms with E-state index in [1.165, 1.54) is 0 Å². The molecule has 0 saturated carbocycles. The number of nitriles is 1. The third-order valence-electron chi connectivity index (χ3n) is 1.85. The van der Waals surface area contributed by atoms with Crippen LogP contribution in [0.1, 0.15) is 18.9 Å². The highest BCUT2D eigenvalue weighted by molar-refractivity contribution is 6.30. The lowest BCUT2D eigenvalue weighted by atomic mass is 10.1. The fourth-order valence-corrected chi connectivity index (χ4v) is 1.14. The van der Waals surface area contributed by atoms with Crippen molar-refractivity contribution in [1.82, 2.24) is 5.43 Å². The number of amides is 1. The van der Waals surface area contributed by atoms with E-state index in [-0.39, 0.29) is 6.42 Å². The summed E-state index contributed by atoms with van der Waals surface area (Å²) in [5, 5.41) is 12.8. The lowest BCUT2D eigenvalue weighted by Gasteiger charge is -2.01. The molecule has 0 unspecified atom stereocenters. The zero-order valence-corrected chi connectivity index (χ0v) is 9.45. The van der Waals surface area contributed by atoms with Crippen LogP contribution in [0.15, 0.2) is 29.4 Å². The molecular weight excluding hydrogens is 226 g/mol. The summed E-state index contributed by atoms with van der Waals surface area (Å²) in [5.41, 5.74) is 3.81. The van der Waals surface area contributed by atoms with Gasteiger partial charge in [0, 0.05) is 5.02 Å². The molecule has 5 heteroatoms. The molecule has 0 fully saturated rings. The van der Waals surface area contributed by atoms with Crippen LogP contribution >= 0.6 is 11.6 Å². The second-order valence-corrected chi connectivity index (χ2v) is 3.51. The maximum Gasteiger partial charge on any atom is 0.254 e. The third kappa shape index (κ3) is 3.71. The molecule has 16 heavy (non-hydrogen) atoms. The highest BCUT2D eigenvalue weighted by atomic mass is 35.5. The third-order valence-corrected chi connectivity index (χ3v) is 2.10. The Labute approximate surface area is 98.5 Å². The minimum Gasteiger partial charge on any atom is -0.272 e. The van der Waals surface area contributed by atoms with Crippen molar-refractivity contribution in [3.63, 3.8) is 0 Å². The van der Waals surface area contributed by atoms with Crippen LogP contribution < -0.4 is 5.43 Å². The first kappa shape index (κ1) is 12.2. The largest absolute Gasteiger partial charge is 0.272 e. The molecule has 0 radical (unpaired) electrons. The lowest BCUT2D eigenvalue weighted by molar-refractivity contribution is -0.120. The predicted octanol–water partition coefficient (Wildman–Crippen LogP) is 2.09. The van der Waals surface area contributed by atoms with Gasteiger partial charge in [-0.05, 0) is 24.6 Å². The van der Waals surface area contributed by atoms with Gasteiger partial charge in [0.05, 0.1) is 11.8 Å². The van der Waals surface area contributed by atoms with Crippen LogP contribution in [0.5, 0.6) is 0 Å². The van der Waals surface area contributed by atoms with Crippen LogP contribution in [0.4, 0.5) is 0 Å². The summed E-state index contributed by atoms with van der Waals surface area (Å²) in [7, 11) is 0. The van der Waals surface area contributed by atoms with Crippen molar-refractivity contribution >= 4 is 23.2 Å². The summed E-state index contributed by atoms with van der Waals surface area (Å²) in [6.07, 6.45) is -0.197. The Balaban J connectivity index is 2.67. The van der Waals surface area contributed by atoms with Gasteiger partial charge in [-0.3, -0.25) is 4.79 Å². The number of hydrazone groups is 1. The van der Waals surface area contributed by atoms with Crippen LogP contribution in [0, 0.1) is 11.3 Å². The lowest BCUT2D eigenvalue weighted by Crippen LogP contribution is -2.18. The van der Waals surface area contributed by atoms with E-state index < -0.39 is 5.91 Å². The van der Waals surface area contributed by atoms with E-state index in [4.69, 9.17) is 16.9 Å². The Morgan fingerprint density at radius 1 is 1.50 bits per heavy atom. The molecule has 82 valence electrons. The monoisotopic (exact) mass is 235 g/mol. The second kappa shape index (κ2) is 5.89. The SMILES string of the molecule is C/C(=N\NC(=O)CC#N)c1ccc(Cl)cc1. The average molecular weight is 236 g/mol. The van der Waals surface area contributed by atoms with E-state index in [2.05, 4.69) is 10.5 Å². The molecule has 0 aliphatic heterocycles. The number of nitrogens with zero attached hydrogens (tertiary/aromatic N) is 2. The highest BCUT2D eigenvalue weighted by Gasteiger charge is 2.00. The van der Waals surface area contributed by atoms with Gasteiger partial charge in [0.2, 0.25) is 0 Å². The summed E-state index contributed by atoms with van der Waals surface area (Å²) in [6, 6.07) is 8.83. The summed E-state index contributed by atoms with van der Waals surface area (Å²) < 4.78 is 0. The van der Waals surface area contributed by atoms with Gasteiger partial charge >= 0.3 is 0 Å². The van der Waals surface area contributed by atoms with E-state index in [1.807, 2.05) is 0 Å². The van der Waals surface area contributed by atoms with Crippen molar-refractivity contribution in [2.45, 2.75) is 13.3 Å². The molecule has 0 aromatic heterocycles. The Morgan fingerprint density at radius 2 is 2.12 bits per heavy atom. The number of rotatable bonds is 3. The van der Waals surface area contributed by atoms with Crippen molar-refractivity contribution in [2.24, 2.45) is 5.10 Å². The van der Waals surface area contributed by atoms with E-state index >= 15 is 0 Å². The molecular formula is C11H10ClN3O. The smallest absolute Gasteiger partial charge is 0.254 e. The van der Waals surface area contributed by atoms with Crippen LogP contribution in [-0.4, -0.2) is 11.6 Å². The van der Waals surface area contributed by atoms with E-state index in [1.54, 1.807) is 37.3 Å². The van der Waals surface area contributed by atoms with Gasteiger partial charge < -0.3 is 0 Å². The van der Waals surface area contributed by atoms with Gasteiger partial charge in [0.25, 0.3) is 5.91 Å². The molecule has 1 aromatic rings. The Bertz CT molecular complexity index is 445. The van der Waals surface area contributed by atoms with Gasteiger partial charge in [-0.25, -0.2) is 5.43 Å².